The fourth-order valence-corrected chi connectivity index (χ4v) is 3.44. The second-order valence-electron chi connectivity index (χ2n) is 7.28. The quantitative estimate of drug-likeness (QED) is 0.420. The van der Waals surface area contributed by atoms with Gasteiger partial charge in [0, 0.05) is 28.3 Å². The first-order chi connectivity index (χ1) is 15.3. The number of benzene rings is 2. The Kier molecular flexibility index (Phi) is 6.31. The second-order valence-corrected chi connectivity index (χ2v) is 7.72. The van der Waals surface area contributed by atoms with Crippen LogP contribution in [-0.2, 0) is 23.5 Å². The molecule has 0 fully saturated rings. The van der Waals surface area contributed by atoms with Gasteiger partial charge in [0.25, 0.3) is 0 Å². The first-order valence-electron chi connectivity index (χ1n) is 9.68. The summed E-state index contributed by atoms with van der Waals surface area (Å²) >= 11 is 5.91. The Bertz CT molecular complexity index is 1180. The summed E-state index contributed by atoms with van der Waals surface area (Å²) < 4.78 is 40.5. The van der Waals surface area contributed by atoms with Gasteiger partial charge in [-0.05, 0) is 25.1 Å². The van der Waals surface area contributed by atoms with Crippen molar-refractivity contribution in [1.82, 2.24) is 19.9 Å². The molecule has 0 aliphatic carbocycles. The summed E-state index contributed by atoms with van der Waals surface area (Å²) in [6, 6.07) is 11.8. The van der Waals surface area contributed by atoms with E-state index in [4.69, 9.17) is 20.9 Å². The zero-order chi connectivity index (χ0) is 22.7. The Morgan fingerprint density at radius 1 is 1.19 bits per heavy atom. The Labute approximate surface area is 187 Å². The number of nitrogens with zero attached hydrogens (tertiary/aromatic N) is 4. The molecule has 2 aromatic carbocycles. The first-order valence-corrected chi connectivity index (χ1v) is 10.1. The van der Waals surface area contributed by atoms with E-state index in [-0.39, 0.29) is 18.7 Å². The second kappa shape index (κ2) is 9.15. The Morgan fingerprint density at radius 3 is 2.66 bits per heavy atom. The molecule has 0 amide bonds. The molecule has 10 heteroatoms. The molecule has 166 valence electrons. The van der Waals surface area contributed by atoms with E-state index in [0.717, 1.165) is 11.6 Å². The SMILES string of the molecule is C[C@@H](OCc1cc(-c2ccc(Cl)cc2)no1)C(O)(Cn1cncn1)c1ccc(F)cc1F. The van der Waals surface area contributed by atoms with Crippen molar-refractivity contribution in [3.05, 3.63) is 89.2 Å². The molecule has 32 heavy (non-hydrogen) atoms. The zero-order valence-corrected chi connectivity index (χ0v) is 17.7. The van der Waals surface area contributed by atoms with Crippen molar-refractivity contribution in [3.63, 3.8) is 0 Å². The minimum atomic E-state index is -1.87. The average Bonchev–Trinajstić information content (AvgIpc) is 3.44. The smallest absolute Gasteiger partial charge is 0.163 e. The zero-order valence-electron chi connectivity index (χ0n) is 17.0. The number of hydrogen-bond donors (Lipinski definition) is 1. The maximum Gasteiger partial charge on any atom is 0.163 e. The first kappa shape index (κ1) is 22.1. The van der Waals surface area contributed by atoms with Crippen LogP contribution in [-0.4, -0.2) is 31.1 Å². The third-order valence-corrected chi connectivity index (χ3v) is 5.37. The van der Waals surface area contributed by atoms with Gasteiger partial charge < -0.3 is 14.4 Å². The maximum atomic E-state index is 14.6. The van der Waals surface area contributed by atoms with Crippen LogP contribution in [0.4, 0.5) is 8.78 Å². The molecule has 7 nitrogen and oxygen atoms in total. The summed E-state index contributed by atoms with van der Waals surface area (Å²) in [6.45, 7) is 1.38. The Balaban J connectivity index is 1.54. The van der Waals surface area contributed by atoms with Gasteiger partial charge in [-0.2, -0.15) is 5.10 Å². The van der Waals surface area contributed by atoms with Crippen molar-refractivity contribution >= 4 is 11.6 Å². The minimum Gasteiger partial charge on any atom is -0.380 e. The van der Waals surface area contributed by atoms with E-state index >= 15 is 0 Å². The molecule has 1 N–H and O–H groups in total. The molecule has 0 spiro atoms. The standard InChI is InChI=1S/C22H19ClF2N4O3/c1-14(31-10-18-9-21(28-32-18)15-2-4-16(23)5-3-15)22(30,11-29-13-26-12-27-29)19-7-6-17(24)8-20(19)25/h2-9,12-14,30H,10-11H2,1H3/t14-,22?/m1/s1. The van der Waals surface area contributed by atoms with Gasteiger partial charge in [-0.25, -0.2) is 18.4 Å². The van der Waals surface area contributed by atoms with E-state index in [1.807, 2.05) is 12.1 Å². The number of aromatic nitrogens is 4. The molecule has 4 rings (SSSR count). The molecule has 4 aromatic rings. The lowest BCUT2D eigenvalue weighted by atomic mass is 9.88. The van der Waals surface area contributed by atoms with Crippen LogP contribution in [0.1, 0.15) is 18.2 Å². The van der Waals surface area contributed by atoms with E-state index < -0.39 is 23.3 Å². The summed E-state index contributed by atoms with van der Waals surface area (Å²) in [5.74, 6) is -1.24. The molecule has 2 atom stereocenters. The molecule has 0 radical (unpaired) electrons. The Hall–Kier alpha value is -3.14. The third kappa shape index (κ3) is 4.69. The molecule has 1 unspecified atom stereocenters. The Morgan fingerprint density at radius 2 is 1.97 bits per heavy atom. The summed E-state index contributed by atoms with van der Waals surface area (Å²) in [5, 5.41) is 20.0. The molecular formula is C22H19ClF2N4O3. The van der Waals surface area contributed by atoms with Crippen molar-refractivity contribution in [3.8, 4) is 11.3 Å². The van der Waals surface area contributed by atoms with Crippen molar-refractivity contribution in [2.45, 2.75) is 31.8 Å². The topological polar surface area (TPSA) is 86.2 Å². The summed E-state index contributed by atoms with van der Waals surface area (Å²) in [4.78, 5) is 3.84. The highest BCUT2D eigenvalue weighted by Crippen LogP contribution is 2.32. The summed E-state index contributed by atoms with van der Waals surface area (Å²) in [5.41, 5.74) is -0.588. The van der Waals surface area contributed by atoms with Gasteiger partial charge in [-0.3, -0.25) is 0 Å². The molecular weight excluding hydrogens is 442 g/mol. The monoisotopic (exact) mass is 460 g/mol. The fraction of sp³-hybridized carbons (Fsp3) is 0.227. The van der Waals surface area contributed by atoms with Crippen molar-refractivity contribution < 1.29 is 23.1 Å². The number of aliphatic hydroxyl groups is 1. The van der Waals surface area contributed by atoms with Gasteiger partial charge in [0.15, 0.2) is 5.76 Å². The predicted molar refractivity (Wildman–Crippen MR) is 111 cm³/mol. The van der Waals surface area contributed by atoms with Crippen LogP contribution < -0.4 is 0 Å². The van der Waals surface area contributed by atoms with E-state index in [1.54, 1.807) is 25.1 Å². The van der Waals surface area contributed by atoms with Crippen LogP contribution in [0.2, 0.25) is 5.02 Å². The molecule has 0 saturated heterocycles. The van der Waals surface area contributed by atoms with Crippen molar-refractivity contribution in [1.29, 1.82) is 0 Å². The normalized spacial score (nSPS) is 14.3. The number of hydrogen-bond acceptors (Lipinski definition) is 6. The highest BCUT2D eigenvalue weighted by atomic mass is 35.5. The summed E-state index contributed by atoms with van der Waals surface area (Å²) in [7, 11) is 0. The highest BCUT2D eigenvalue weighted by molar-refractivity contribution is 6.30. The number of rotatable bonds is 8. The van der Waals surface area contributed by atoms with Crippen molar-refractivity contribution in [2.24, 2.45) is 0 Å². The van der Waals surface area contributed by atoms with Crippen LogP contribution in [0.5, 0.6) is 0 Å². The minimum absolute atomic E-state index is 0.0375. The number of halogens is 3. The highest BCUT2D eigenvalue weighted by Gasteiger charge is 2.40. The van der Waals surface area contributed by atoms with E-state index in [1.165, 1.54) is 23.4 Å². The maximum absolute atomic E-state index is 14.6. The third-order valence-electron chi connectivity index (χ3n) is 5.11. The van der Waals surface area contributed by atoms with Gasteiger partial charge in [-0.1, -0.05) is 35.0 Å². The summed E-state index contributed by atoms with van der Waals surface area (Å²) in [6.07, 6.45) is 1.74. The molecule has 0 saturated carbocycles. The van der Waals surface area contributed by atoms with Crippen molar-refractivity contribution in [2.75, 3.05) is 0 Å². The van der Waals surface area contributed by atoms with Gasteiger partial charge in [0.05, 0.1) is 12.6 Å². The van der Waals surface area contributed by atoms with Crippen LogP contribution in [0.3, 0.4) is 0 Å². The van der Waals surface area contributed by atoms with Gasteiger partial charge in [0.1, 0.15) is 42.2 Å². The van der Waals surface area contributed by atoms with E-state index in [0.29, 0.717) is 22.5 Å². The molecule has 0 aliphatic heterocycles. The average molecular weight is 461 g/mol. The number of ether oxygens (including phenoxy) is 1. The van der Waals surface area contributed by atoms with Crippen LogP contribution in [0.25, 0.3) is 11.3 Å². The lowest BCUT2D eigenvalue weighted by molar-refractivity contribution is -0.126. The van der Waals surface area contributed by atoms with Gasteiger partial charge in [-0.15, -0.1) is 0 Å². The van der Waals surface area contributed by atoms with Gasteiger partial charge >= 0.3 is 0 Å². The molecule has 2 heterocycles. The van der Waals surface area contributed by atoms with E-state index in [9.17, 15) is 13.9 Å². The largest absolute Gasteiger partial charge is 0.380 e. The predicted octanol–water partition coefficient (Wildman–Crippen LogP) is 4.36. The van der Waals surface area contributed by atoms with Crippen LogP contribution in [0.15, 0.2) is 65.7 Å². The van der Waals surface area contributed by atoms with Crippen LogP contribution in [0, 0.1) is 11.6 Å². The van der Waals surface area contributed by atoms with E-state index in [2.05, 4.69) is 15.2 Å². The lowest BCUT2D eigenvalue weighted by Crippen LogP contribution is -2.44. The van der Waals surface area contributed by atoms with Gasteiger partial charge in [0.2, 0.25) is 0 Å². The molecule has 0 bridgehead atoms. The molecule has 2 aromatic heterocycles. The lowest BCUT2D eigenvalue weighted by Gasteiger charge is -2.34. The fourth-order valence-electron chi connectivity index (χ4n) is 3.32. The molecule has 0 aliphatic rings. The van der Waals surface area contributed by atoms with Crippen LogP contribution >= 0.6 is 11.6 Å².